The number of nitrogens with one attached hydrogen (secondary N) is 2. The number of H-pyrrole nitrogens is 1. The zero-order chi connectivity index (χ0) is 11.5. The van der Waals surface area contributed by atoms with Crippen LogP contribution in [0, 0.1) is 6.92 Å². The number of amides is 2. The van der Waals surface area contributed by atoms with Gasteiger partial charge in [-0.1, -0.05) is 0 Å². The summed E-state index contributed by atoms with van der Waals surface area (Å²) in [5, 5.41) is 9.27. The molecule has 2 aromatic rings. The van der Waals surface area contributed by atoms with E-state index in [1.165, 1.54) is 0 Å². The zero-order valence-corrected chi connectivity index (χ0v) is 8.69. The minimum atomic E-state index is -0.629. The van der Waals surface area contributed by atoms with Crippen LogP contribution in [-0.2, 0) is 0 Å². The van der Waals surface area contributed by atoms with Gasteiger partial charge < -0.3 is 5.73 Å². The number of anilines is 1. The van der Waals surface area contributed by atoms with E-state index in [1.807, 2.05) is 19.1 Å². The van der Waals surface area contributed by atoms with Crippen LogP contribution in [0.25, 0.3) is 11.3 Å². The van der Waals surface area contributed by atoms with Crippen LogP contribution >= 0.6 is 0 Å². The largest absolute Gasteiger partial charge is 0.351 e. The number of rotatable bonds is 2. The molecule has 2 aromatic heterocycles. The van der Waals surface area contributed by atoms with E-state index in [9.17, 15) is 4.79 Å². The van der Waals surface area contributed by atoms with Gasteiger partial charge in [0.1, 0.15) is 0 Å². The van der Waals surface area contributed by atoms with Crippen molar-refractivity contribution < 1.29 is 4.79 Å². The molecule has 0 saturated heterocycles. The first-order valence-corrected chi connectivity index (χ1v) is 4.70. The molecule has 0 unspecified atom stereocenters. The fourth-order valence-electron chi connectivity index (χ4n) is 1.44. The number of nitrogens with zero attached hydrogens (tertiary/aromatic N) is 2. The summed E-state index contributed by atoms with van der Waals surface area (Å²) >= 11 is 0. The van der Waals surface area contributed by atoms with Crippen molar-refractivity contribution in [3.8, 4) is 11.3 Å². The number of carbonyl (C=O) groups is 1. The third-order valence-electron chi connectivity index (χ3n) is 2.22. The summed E-state index contributed by atoms with van der Waals surface area (Å²) in [6, 6.07) is 3.08. The minimum Gasteiger partial charge on any atom is -0.351 e. The summed E-state index contributed by atoms with van der Waals surface area (Å²) in [4.78, 5) is 14.6. The van der Waals surface area contributed by atoms with Crippen molar-refractivity contribution in [3.63, 3.8) is 0 Å². The van der Waals surface area contributed by atoms with Gasteiger partial charge in [-0.15, -0.1) is 0 Å². The SMILES string of the molecule is Cc1c(NC(N)=O)n[nH]c1-c1ccncc1. The van der Waals surface area contributed by atoms with Crippen LogP contribution in [0.3, 0.4) is 0 Å². The highest BCUT2D eigenvalue weighted by Crippen LogP contribution is 2.24. The summed E-state index contributed by atoms with van der Waals surface area (Å²) in [5.41, 5.74) is 7.66. The maximum Gasteiger partial charge on any atom is 0.317 e. The quantitative estimate of drug-likeness (QED) is 0.706. The van der Waals surface area contributed by atoms with E-state index in [4.69, 9.17) is 5.73 Å². The Labute approximate surface area is 91.9 Å². The van der Waals surface area contributed by atoms with Crippen LogP contribution in [-0.4, -0.2) is 21.2 Å². The highest BCUT2D eigenvalue weighted by atomic mass is 16.2. The zero-order valence-electron chi connectivity index (χ0n) is 8.69. The topological polar surface area (TPSA) is 96.7 Å². The molecule has 82 valence electrons. The Morgan fingerprint density at radius 2 is 2.12 bits per heavy atom. The van der Waals surface area contributed by atoms with Crippen LogP contribution in [0.4, 0.5) is 10.6 Å². The molecule has 0 bridgehead atoms. The molecule has 0 saturated carbocycles. The third-order valence-corrected chi connectivity index (χ3v) is 2.22. The summed E-state index contributed by atoms with van der Waals surface area (Å²) in [6.45, 7) is 1.85. The lowest BCUT2D eigenvalue weighted by atomic mass is 10.1. The lowest BCUT2D eigenvalue weighted by Crippen LogP contribution is -2.19. The van der Waals surface area contributed by atoms with Gasteiger partial charge in [-0.25, -0.2) is 4.79 Å². The molecule has 0 radical (unpaired) electrons. The molecule has 0 aromatic carbocycles. The fraction of sp³-hybridized carbons (Fsp3) is 0.100. The van der Waals surface area contributed by atoms with Gasteiger partial charge in [0.25, 0.3) is 0 Å². The smallest absolute Gasteiger partial charge is 0.317 e. The van der Waals surface area contributed by atoms with Gasteiger partial charge >= 0.3 is 6.03 Å². The van der Waals surface area contributed by atoms with Crippen molar-refractivity contribution in [2.45, 2.75) is 6.92 Å². The number of nitrogens with two attached hydrogens (primary N) is 1. The number of aromatic amines is 1. The number of urea groups is 1. The van der Waals surface area contributed by atoms with Crippen LogP contribution in [0.15, 0.2) is 24.5 Å². The lowest BCUT2D eigenvalue weighted by Gasteiger charge is -2.00. The number of pyridine rings is 1. The Hall–Kier alpha value is -2.37. The molecule has 0 aliphatic carbocycles. The summed E-state index contributed by atoms with van der Waals surface area (Å²) in [7, 11) is 0. The summed E-state index contributed by atoms with van der Waals surface area (Å²) in [6.07, 6.45) is 3.38. The standard InChI is InChI=1S/C10H11N5O/c1-6-8(7-2-4-12-5-3-7)14-15-9(6)13-10(11)16/h2-5H,1H3,(H4,11,13,14,15,16). The number of hydrogen-bond acceptors (Lipinski definition) is 3. The van der Waals surface area contributed by atoms with Crippen molar-refractivity contribution in [2.24, 2.45) is 5.73 Å². The molecule has 6 nitrogen and oxygen atoms in total. The average molecular weight is 217 g/mol. The normalized spacial score (nSPS) is 10.1. The highest BCUT2D eigenvalue weighted by molar-refractivity contribution is 5.88. The van der Waals surface area contributed by atoms with Gasteiger partial charge in [-0.05, 0) is 19.1 Å². The van der Waals surface area contributed by atoms with E-state index >= 15 is 0 Å². The van der Waals surface area contributed by atoms with Crippen molar-refractivity contribution in [2.75, 3.05) is 5.32 Å². The number of hydrogen-bond donors (Lipinski definition) is 3. The molecule has 2 amide bonds. The predicted octanol–water partition coefficient (Wildman–Crippen LogP) is 1.27. The second-order valence-corrected chi connectivity index (χ2v) is 3.30. The second-order valence-electron chi connectivity index (χ2n) is 3.30. The van der Waals surface area contributed by atoms with Crippen molar-refractivity contribution >= 4 is 11.8 Å². The Morgan fingerprint density at radius 3 is 2.75 bits per heavy atom. The summed E-state index contributed by atoms with van der Waals surface area (Å²) in [5.74, 6) is 0.444. The van der Waals surface area contributed by atoms with Gasteiger partial charge in [0.05, 0.1) is 5.69 Å². The molecule has 2 heterocycles. The molecule has 0 aliphatic heterocycles. The molecular formula is C10H11N5O. The van der Waals surface area contributed by atoms with Gasteiger partial charge in [0, 0.05) is 23.5 Å². The third kappa shape index (κ3) is 1.85. The first-order chi connectivity index (χ1) is 7.68. The van der Waals surface area contributed by atoms with Crippen LogP contribution in [0.1, 0.15) is 5.56 Å². The molecule has 6 heteroatoms. The molecule has 2 rings (SSSR count). The van der Waals surface area contributed by atoms with E-state index in [1.54, 1.807) is 12.4 Å². The van der Waals surface area contributed by atoms with Crippen molar-refractivity contribution in [1.29, 1.82) is 0 Å². The number of carbonyl (C=O) groups excluding carboxylic acids is 1. The number of aromatic nitrogens is 3. The summed E-state index contributed by atoms with van der Waals surface area (Å²) < 4.78 is 0. The molecule has 0 spiro atoms. The Balaban J connectivity index is 2.37. The van der Waals surface area contributed by atoms with Gasteiger partial charge in [-0.3, -0.25) is 15.4 Å². The molecule has 16 heavy (non-hydrogen) atoms. The van der Waals surface area contributed by atoms with Crippen LogP contribution in [0.2, 0.25) is 0 Å². The van der Waals surface area contributed by atoms with E-state index in [0.717, 1.165) is 16.8 Å². The first kappa shape index (κ1) is 10.2. The maximum atomic E-state index is 10.7. The van der Waals surface area contributed by atoms with Crippen LogP contribution < -0.4 is 11.1 Å². The van der Waals surface area contributed by atoms with Gasteiger partial charge in [-0.2, -0.15) is 5.10 Å². The number of primary amides is 1. The molecule has 0 aliphatic rings. The minimum absolute atomic E-state index is 0.444. The lowest BCUT2D eigenvalue weighted by molar-refractivity contribution is 0.259. The van der Waals surface area contributed by atoms with Crippen LogP contribution in [0.5, 0.6) is 0 Å². The Bertz CT molecular complexity index is 505. The first-order valence-electron chi connectivity index (χ1n) is 4.70. The maximum absolute atomic E-state index is 10.7. The van der Waals surface area contributed by atoms with E-state index in [2.05, 4.69) is 20.5 Å². The molecular weight excluding hydrogens is 206 g/mol. The van der Waals surface area contributed by atoms with E-state index in [-0.39, 0.29) is 0 Å². The van der Waals surface area contributed by atoms with E-state index < -0.39 is 6.03 Å². The Morgan fingerprint density at radius 1 is 1.44 bits per heavy atom. The van der Waals surface area contributed by atoms with E-state index in [0.29, 0.717) is 5.82 Å². The van der Waals surface area contributed by atoms with Gasteiger partial charge in [0.2, 0.25) is 0 Å². The molecule has 0 atom stereocenters. The highest BCUT2D eigenvalue weighted by Gasteiger charge is 2.11. The average Bonchev–Trinajstić information content (AvgIpc) is 2.61. The monoisotopic (exact) mass is 217 g/mol. The second kappa shape index (κ2) is 4.01. The van der Waals surface area contributed by atoms with Crippen molar-refractivity contribution in [1.82, 2.24) is 15.2 Å². The molecule has 4 N–H and O–H groups in total. The van der Waals surface area contributed by atoms with Crippen molar-refractivity contribution in [3.05, 3.63) is 30.1 Å². The fourth-order valence-corrected chi connectivity index (χ4v) is 1.44. The predicted molar refractivity (Wildman–Crippen MR) is 59.8 cm³/mol. The Kier molecular flexibility index (Phi) is 2.55. The molecule has 0 fully saturated rings. The van der Waals surface area contributed by atoms with Gasteiger partial charge in [0.15, 0.2) is 5.82 Å².